The number of rotatable bonds is 5. The van der Waals surface area contributed by atoms with Crippen LogP contribution in [-0.4, -0.2) is 30.3 Å². The minimum atomic E-state index is -0.759. The van der Waals surface area contributed by atoms with Gasteiger partial charge in [0.15, 0.2) is 6.61 Å². The molecule has 1 heterocycles. The summed E-state index contributed by atoms with van der Waals surface area (Å²) in [6.07, 6.45) is 4.89. The van der Waals surface area contributed by atoms with Crippen LogP contribution in [0.1, 0.15) is 16.8 Å². The number of imide groups is 1. The maximum absolute atomic E-state index is 13.0. The molecule has 0 radical (unpaired) electrons. The van der Waals surface area contributed by atoms with Gasteiger partial charge in [0.2, 0.25) is 11.8 Å². The first-order valence-electron chi connectivity index (χ1n) is 10.4. The van der Waals surface area contributed by atoms with Gasteiger partial charge in [-0.3, -0.25) is 14.4 Å². The SMILES string of the molecule is O=C(COC(=O)c1cccc(N2C(=O)[C@@H]3[C@@H](C2=O)[C@H]2C=C[C@H]3C2)c1)Nc1cccc(Cl)c1Cl. The van der Waals surface area contributed by atoms with Gasteiger partial charge in [-0.25, -0.2) is 9.69 Å². The van der Waals surface area contributed by atoms with Crippen molar-refractivity contribution in [1.82, 2.24) is 0 Å². The van der Waals surface area contributed by atoms with Crippen molar-refractivity contribution in [2.75, 3.05) is 16.8 Å². The number of esters is 1. The van der Waals surface area contributed by atoms with Crippen LogP contribution in [0.5, 0.6) is 0 Å². The van der Waals surface area contributed by atoms with Crippen molar-refractivity contribution in [1.29, 1.82) is 0 Å². The minimum Gasteiger partial charge on any atom is -0.452 e. The summed E-state index contributed by atoms with van der Waals surface area (Å²) in [6, 6.07) is 10.9. The van der Waals surface area contributed by atoms with E-state index < -0.39 is 18.5 Å². The summed E-state index contributed by atoms with van der Waals surface area (Å²) in [6.45, 7) is -0.549. The van der Waals surface area contributed by atoms with Crippen molar-refractivity contribution >= 4 is 58.3 Å². The van der Waals surface area contributed by atoms with Crippen LogP contribution in [0.25, 0.3) is 0 Å². The van der Waals surface area contributed by atoms with Crippen molar-refractivity contribution in [3.63, 3.8) is 0 Å². The van der Waals surface area contributed by atoms with E-state index in [1.165, 1.54) is 17.0 Å². The molecule has 33 heavy (non-hydrogen) atoms. The molecule has 168 valence electrons. The van der Waals surface area contributed by atoms with Crippen LogP contribution >= 0.6 is 23.2 Å². The van der Waals surface area contributed by atoms with Crippen LogP contribution in [-0.2, 0) is 19.1 Å². The zero-order valence-electron chi connectivity index (χ0n) is 17.2. The van der Waals surface area contributed by atoms with Crippen molar-refractivity contribution < 1.29 is 23.9 Å². The summed E-state index contributed by atoms with van der Waals surface area (Å²) in [5.74, 6) is -2.28. The standard InChI is InChI=1S/C24H18Cl2N2O5/c25-16-5-2-6-17(21(16)26)27-18(29)11-33-24(32)14-3-1-4-15(10-14)28-22(30)19-12-7-8-13(9-12)20(19)23(28)31/h1-8,10,12-13,19-20H,9,11H2,(H,27,29)/t12-,13-,19-,20-/m0/s1. The molecule has 3 amide bonds. The van der Waals surface area contributed by atoms with Crippen LogP contribution < -0.4 is 10.2 Å². The predicted octanol–water partition coefficient (Wildman–Crippen LogP) is 4.10. The number of halogens is 2. The Labute approximate surface area is 199 Å². The minimum absolute atomic E-state index is 0.0982. The van der Waals surface area contributed by atoms with E-state index >= 15 is 0 Å². The number of nitrogens with zero attached hydrogens (tertiary/aromatic N) is 1. The van der Waals surface area contributed by atoms with Gasteiger partial charge in [-0.1, -0.05) is 47.5 Å². The molecule has 2 fully saturated rings. The lowest BCUT2D eigenvalue weighted by molar-refractivity contribution is -0.123. The summed E-state index contributed by atoms with van der Waals surface area (Å²) < 4.78 is 5.10. The number of amides is 3. The van der Waals surface area contributed by atoms with Gasteiger partial charge in [0.1, 0.15) is 0 Å². The molecule has 4 atom stereocenters. The summed E-state index contributed by atoms with van der Waals surface area (Å²) in [5, 5.41) is 2.99. The average Bonchev–Trinajstić information content (AvgIpc) is 3.49. The molecule has 1 saturated carbocycles. The Morgan fingerprint density at radius 2 is 1.67 bits per heavy atom. The zero-order valence-corrected chi connectivity index (χ0v) is 18.7. The second-order valence-corrected chi connectivity index (χ2v) is 9.07. The van der Waals surface area contributed by atoms with Crippen LogP contribution in [0.15, 0.2) is 54.6 Å². The normalized spacial score (nSPS) is 24.8. The van der Waals surface area contributed by atoms with Gasteiger partial charge >= 0.3 is 5.97 Å². The second kappa shape index (κ2) is 8.32. The van der Waals surface area contributed by atoms with Crippen molar-refractivity contribution in [3.8, 4) is 0 Å². The number of benzene rings is 2. The van der Waals surface area contributed by atoms with E-state index in [0.717, 1.165) is 6.42 Å². The van der Waals surface area contributed by atoms with E-state index in [0.29, 0.717) is 11.4 Å². The lowest BCUT2D eigenvalue weighted by atomic mass is 9.85. The molecule has 3 aliphatic rings. The van der Waals surface area contributed by atoms with Gasteiger partial charge < -0.3 is 10.1 Å². The monoisotopic (exact) mass is 484 g/mol. The molecule has 9 heteroatoms. The number of fused-ring (bicyclic) bond motifs is 5. The summed E-state index contributed by atoms with van der Waals surface area (Å²) >= 11 is 12.0. The Hall–Kier alpha value is -3.16. The van der Waals surface area contributed by atoms with Gasteiger partial charge in [0.25, 0.3) is 5.91 Å². The lowest BCUT2D eigenvalue weighted by Gasteiger charge is -2.18. The van der Waals surface area contributed by atoms with Crippen molar-refractivity contribution in [3.05, 3.63) is 70.2 Å². The van der Waals surface area contributed by atoms with Gasteiger partial charge in [0.05, 0.1) is 38.8 Å². The molecule has 0 aromatic heterocycles. The topological polar surface area (TPSA) is 92.8 Å². The van der Waals surface area contributed by atoms with E-state index in [4.69, 9.17) is 27.9 Å². The Morgan fingerprint density at radius 1 is 1.00 bits per heavy atom. The molecule has 7 nitrogen and oxygen atoms in total. The maximum atomic E-state index is 13.0. The molecule has 2 bridgehead atoms. The van der Waals surface area contributed by atoms with Gasteiger partial charge in [-0.05, 0) is 48.6 Å². The van der Waals surface area contributed by atoms with Crippen molar-refractivity contribution in [2.24, 2.45) is 23.7 Å². The van der Waals surface area contributed by atoms with E-state index in [2.05, 4.69) is 5.32 Å². The molecule has 5 rings (SSSR count). The highest BCUT2D eigenvalue weighted by Gasteiger charge is 2.59. The molecule has 1 N–H and O–H groups in total. The fraction of sp³-hybridized carbons (Fsp3) is 0.250. The van der Waals surface area contributed by atoms with Crippen LogP contribution in [0, 0.1) is 23.7 Å². The number of allylic oxidation sites excluding steroid dienone is 2. The number of hydrogen-bond acceptors (Lipinski definition) is 5. The van der Waals surface area contributed by atoms with Crippen LogP contribution in [0.4, 0.5) is 11.4 Å². The van der Waals surface area contributed by atoms with Crippen LogP contribution in [0.2, 0.25) is 10.0 Å². The van der Waals surface area contributed by atoms with Gasteiger partial charge in [-0.2, -0.15) is 0 Å². The number of carbonyl (C=O) groups is 4. The molecule has 1 aliphatic heterocycles. The third kappa shape index (κ3) is 3.71. The molecular formula is C24H18Cl2N2O5. The van der Waals surface area contributed by atoms with Gasteiger partial charge in [-0.15, -0.1) is 0 Å². The van der Waals surface area contributed by atoms with E-state index in [-0.39, 0.29) is 51.1 Å². The van der Waals surface area contributed by atoms with E-state index in [1.54, 1.807) is 30.3 Å². The molecule has 1 saturated heterocycles. The Balaban J connectivity index is 1.25. The van der Waals surface area contributed by atoms with Gasteiger partial charge in [0, 0.05) is 0 Å². The Bertz CT molecular complexity index is 1200. The predicted molar refractivity (Wildman–Crippen MR) is 122 cm³/mol. The number of carbonyl (C=O) groups excluding carboxylic acids is 4. The lowest BCUT2D eigenvalue weighted by Crippen LogP contribution is -2.33. The third-order valence-corrected chi connectivity index (χ3v) is 7.19. The second-order valence-electron chi connectivity index (χ2n) is 8.29. The summed E-state index contributed by atoms with van der Waals surface area (Å²) in [4.78, 5) is 51.8. The quantitative estimate of drug-likeness (QED) is 0.391. The molecule has 2 aromatic rings. The van der Waals surface area contributed by atoms with Crippen LogP contribution in [0.3, 0.4) is 0 Å². The highest BCUT2D eigenvalue weighted by molar-refractivity contribution is 6.44. The highest BCUT2D eigenvalue weighted by Crippen LogP contribution is 2.53. The highest BCUT2D eigenvalue weighted by atomic mass is 35.5. The van der Waals surface area contributed by atoms with Crippen molar-refractivity contribution in [2.45, 2.75) is 6.42 Å². The maximum Gasteiger partial charge on any atom is 0.338 e. The number of ether oxygens (including phenoxy) is 1. The molecule has 0 spiro atoms. The van der Waals surface area contributed by atoms with E-state index in [9.17, 15) is 19.2 Å². The molecule has 0 unspecified atom stereocenters. The number of anilines is 2. The fourth-order valence-corrected chi connectivity index (χ4v) is 5.28. The first-order valence-corrected chi connectivity index (χ1v) is 11.2. The Morgan fingerprint density at radius 3 is 2.36 bits per heavy atom. The van der Waals surface area contributed by atoms with E-state index in [1.807, 2.05) is 12.2 Å². The molecule has 2 aromatic carbocycles. The first kappa shape index (κ1) is 21.7. The third-order valence-electron chi connectivity index (χ3n) is 6.37. The molecule has 2 aliphatic carbocycles. The number of nitrogens with one attached hydrogen (secondary N) is 1. The number of hydrogen-bond donors (Lipinski definition) is 1. The Kier molecular flexibility index (Phi) is 5.46. The fourth-order valence-electron chi connectivity index (χ4n) is 4.93. The summed E-state index contributed by atoms with van der Waals surface area (Å²) in [7, 11) is 0. The zero-order chi connectivity index (χ0) is 23.3. The summed E-state index contributed by atoms with van der Waals surface area (Å²) in [5.41, 5.74) is 0.746. The smallest absolute Gasteiger partial charge is 0.338 e. The molecular weight excluding hydrogens is 467 g/mol. The average molecular weight is 485 g/mol. The largest absolute Gasteiger partial charge is 0.452 e. The first-order chi connectivity index (χ1) is 15.8.